The molecule has 1 aromatic heterocycles. The molecule has 78 valence electrons. The number of furan rings is 1. The molecule has 1 aromatic rings. The number of amidine groups is 1. The number of hydrogen-bond acceptors (Lipinski definition) is 3. The maximum absolute atomic E-state index is 5.70. The van der Waals surface area contributed by atoms with Gasteiger partial charge in [-0.25, -0.2) is 0 Å². The Bertz CT molecular complexity index is 280. The van der Waals surface area contributed by atoms with E-state index in [1.807, 2.05) is 6.07 Å². The van der Waals surface area contributed by atoms with Gasteiger partial charge in [0.05, 0.1) is 12.8 Å². The molecule has 0 saturated carbocycles. The van der Waals surface area contributed by atoms with Gasteiger partial charge >= 0.3 is 0 Å². The van der Waals surface area contributed by atoms with E-state index in [0.29, 0.717) is 18.1 Å². The van der Waals surface area contributed by atoms with Gasteiger partial charge in [0.25, 0.3) is 0 Å². The van der Waals surface area contributed by atoms with Crippen LogP contribution in [-0.2, 0) is 0 Å². The van der Waals surface area contributed by atoms with Crippen LogP contribution in [0.15, 0.2) is 27.8 Å². The number of rotatable bonds is 5. The zero-order chi connectivity index (χ0) is 10.4. The Morgan fingerprint density at radius 2 is 2.43 bits per heavy atom. The van der Waals surface area contributed by atoms with Gasteiger partial charge in [0.2, 0.25) is 0 Å². The van der Waals surface area contributed by atoms with E-state index in [0.717, 1.165) is 13.1 Å². The Labute approximate surface area is 84.4 Å². The summed E-state index contributed by atoms with van der Waals surface area (Å²) in [6.45, 7) is 4.75. The van der Waals surface area contributed by atoms with E-state index in [4.69, 9.17) is 10.2 Å². The standard InChI is InChI=1S/C10H17N3O/c1-3-13(2)7-6-12-10(11)9-5-4-8-14-9/h4-5,8H,3,6-7H2,1-2H3,(H2,11,12). The van der Waals surface area contributed by atoms with Crippen molar-refractivity contribution in [3.05, 3.63) is 24.2 Å². The molecule has 14 heavy (non-hydrogen) atoms. The molecule has 1 rings (SSSR count). The predicted octanol–water partition coefficient (Wildman–Crippen LogP) is 0.937. The molecule has 0 spiro atoms. The highest BCUT2D eigenvalue weighted by molar-refractivity contribution is 5.94. The number of hydrogen-bond donors (Lipinski definition) is 1. The average Bonchev–Trinajstić information content (AvgIpc) is 2.70. The summed E-state index contributed by atoms with van der Waals surface area (Å²) >= 11 is 0. The Morgan fingerprint density at radius 1 is 1.64 bits per heavy atom. The van der Waals surface area contributed by atoms with Gasteiger partial charge in [-0.05, 0) is 25.7 Å². The number of nitrogens with zero attached hydrogens (tertiary/aromatic N) is 2. The maximum atomic E-state index is 5.70. The quantitative estimate of drug-likeness (QED) is 0.562. The van der Waals surface area contributed by atoms with Crippen LogP contribution in [0.2, 0.25) is 0 Å². The fourth-order valence-corrected chi connectivity index (χ4v) is 1.00. The van der Waals surface area contributed by atoms with Gasteiger partial charge in [0, 0.05) is 6.54 Å². The van der Waals surface area contributed by atoms with Crippen LogP contribution < -0.4 is 5.73 Å². The van der Waals surface area contributed by atoms with Crippen LogP contribution in [-0.4, -0.2) is 37.4 Å². The van der Waals surface area contributed by atoms with Gasteiger partial charge in [-0.3, -0.25) is 4.99 Å². The monoisotopic (exact) mass is 195 g/mol. The number of aliphatic imine (C=N–C) groups is 1. The molecule has 0 saturated heterocycles. The molecule has 4 heteroatoms. The van der Waals surface area contributed by atoms with Gasteiger partial charge in [-0.15, -0.1) is 0 Å². The van der Waals surface area contributed by atoms with Gasteiger partial charge in [-0.1, -0.05) is 6.92 Å². The number of likely N-dealkylation sites (N-methyl/N-ethyl adjacent to an activating group) is 1. The van der Waals surface area contributed by atoms with Crippen LogP contribution in [0.1, 0.15) is 12.7 Å². The molecule has 0 fully saturated rings. The van der Waals surface area contributed by atoms with Crippen LogP contribution in [0.3, 0.4) is 0 Å². The molecule has 0 aliphatic rings. The topological polar surface area (TPSA) is 54.8 Å². The fraction of sp³-hybridized carbons (Fsp3) is 0.500. The molecule has 0 amide bonds. The van der Waals surface area contributed by atoms with Crippen molar-refractivity contribution in [2.24, 2.45) is 10.7 Å². The molecule has 0 aliphatic heterocycles. The first kappa shape index (κ1) is 10.8. The second kappa shape index (κ2) is 5.44. The van der Waals surface area contributed by atoms with Crippen molar-refractivity contribution in [1.29, 1.82) is 0 Å². The summed E-state index contributed by atoms with van der Waals surface area (Å²) in [4.78, 5) is 6.39. The van der Waals surface area contributed by atoms with Gasteiger partial charge in [-0.2, -0.15) is 0 Å². The van der Waals surface area contributed by atoms with Gasteiger partial charge in [0.1, 0.15) is 0 Å². The summed E-state index contributed by atoms with van der Waals surface area (Å²) in [5.74, 6) is 1.11. The summed E-state index contributed by atoms with van der Waals surface area (Å²) in [7, 11) is 2.05. The minimum absolute atomic E-state index is 0.472. The second-order valence-corrected chi connectivity index (χ2v) is 3.14. The molecule has 2 N–H and O–H groups in total. The SMILES string of the molecule is CCN(C)CCN=C(N)c1ccco1. The van der Waals surface area contributed by atoms with Crippen LogP contribution in [0.25, 0.3) is 0 Å². The van der Waals surface area contributed by atoms with E-state index in [-0.39, 0.29) is 0 Å². The first-order valence-electron chi connectivity index (χ1n) is 4.76. The van der Waals surface area contributed by atoms with E-state index in [1.165, 1.54) is 0 Å². The molecule has 0 atom stereocenters. The zero-order valence-corrected chi connectivity index (χ0v) is 8.73. The fourth-order valence-electron chi connectivity index (χ4n) is 1.00. The smallest absolute Gasteiger partial charge is 0.168 e. The highest BCUT2D eigenvalue weighted by Gasteiger charge is 2.00. The third-order valence-corrected chi connectivity index (χ3v) is 2.08. The van der Waals surface area contributed by atoms with Crippen molar-refractivity contribution in [3.63, 3.8) is 0 Å². The van der Waals surface area contributed by atoms with Crippen molar-refractivity contribution in [1.82, 2.24) is 4.90 Å². The lowest BCUT2D eigenvalue weighted by Gasteiger charge is -2.11. The van der Waals surface area contributed by atoms with Crippen molar-refractivity contribution < 1.29 is 4.42 Å². The Balaban J connectivity index is 2.38. The summed E-state index contributed by atoms with van der Waals surface area (Å²) in [6.07, 6.45) is 1.59. The lowest BCUT2D eigenvalue weighted by atomic mass is 10.4. The molecular formula is C10H17N3O. The van der Waals surface area contributed by atoms with Gasteiger partial charge < -0.3 is 15.1 Å². The lowest BCUT2D eigenvalue weighted by molar-refractivity contribution is 0.363. The summed E-state index contributed by atoms with van der Waals surface area (Å²) in [5.41, 5.74) is 5.70. The molecule has 0 radical (unpaired) electrons. The highest BCUT2D eigenvalue weighted by atomic mass is 16.3. The Morgan fingerprint density at radius 3 is 3.00 bits per heavy atom. The molecule has 0 bridgehead atoms. The molecule has 4 nitrogen and oxygen atoms in total. The lowest BCUT2D eigenvalue weighted by Crippen LogP contribution is -2.22. The van der Waals surface area contributed by atoms with E-state index < -0.39 is 0 Å². The molecule has 1 heterocycles. The van der Waals surface area contributed by atoms with E-state index in [9.17, 15) is 0 Å². The maximum Gasteiger partial charge on any atom is 0.168 e. The minimum Gasteiger partial charge on any atom is -0.461 e. The predicted molar refractivity (Wildman–Crippen MR) is 57.5 cm³/mol. The Kier molecular flexibility index (Phi) is 4.19. The summed E-state index contributed by atoms with van der Waals surface area (Å²) in [6, 6.07) is 3.61. The van der Waals surface area contributed by atoms with Crippen LogP contribution in [0.5, 0.6) is 0 Å². The van der Waals surface area contributed by atoms with E-state index in [2.05, 4.69) is 23.9 Å². The summed E-state index contributed by atoms with van der Waals surface area (Å²) < 4.78 is 5.11. The normalized spacial score (nSPS) is 12.4. The first-order valence-corrected chi connectivity index (χ1v) is 4.76. The Hall–Kier alpha value is -1.29. The third kappa shape index (κ3) is 3.22. The first-order chi connectivity index (χ1) is 6.74. The van der Waals surface area contributed by atoms with E-state index >= 15 is 0 Å². The highest BCUT2D eigenvalue weighted by Crippen LogP contribution is 1.98. The van der Waals surface area contributed by atoms with Gasteiger partial charge in [0.15, 0.2) is 11.6 Å². The van der Waals surface area contributed by atoms with E-state index in [1.54, 1.807) is 12.3 Å². The molecule has 0 unspecified atom stereocenters. The largest absolute Gasteiger partial charge is 0.461 e. The molecule has 0 aromatic carbocycles. The van der Waals surface area contributed by atoms with Crippen molar-refractivity contribution in [2.45, 2.75) is 6.92 Å². The molecule has 0 aliphatic carbocycles. The average molecular weight is 195 g/mol. The summed E-state index contributed by atoms with van der Waals surface area (Å²) in [5, 5.41) is 0. The van der Waals surface area contributed by atoms with Crippen molar-refractivity contribution in [3.8, 4) is 0 Å². The third-order valence-electron chi connectivity index (χ3n) is 2.08. The van der Waals surface area contributed by atoms with Crippen LogP contribution in [0.4, 0.5) is 0 Å². The number of nitrogens with two attached hydrogens (primary N) is 1. The minimum atomic E-state index is 0.472. The van der Waals surface area contributed by atoms with Crippen molar-refractivity contribution >= 4 is 5.84 Å². The zero-order valence-electron chi connectivity index (χ0n) is 8.73. The molecular weight excluding hydrogens is 178 g/mol. The van der Waals surface area contributed by atoms with Crippen LogP contribution >= 0.6 is 0 Å². The van der Waals surface area contributed by atoms with Crippen molar-refractivity contribution in [2.75, 3.05) is 26.7 Å². The van der Waals surface area contributed by atoms with Crippen LogP contribution in [0, 0.1) is 0 Å². The second-order valence-electron chi connectivity index (χ2n) is 3.14.